The van der Waals surface area contributed by atoms with Crippen molar-refractivity contribution in [3.8, 4) is 0 Å². The van der Waals surface area contributed by atoms with E-state index in [1.54, 1.807) is 18.2 Å². The van der Waals surface area contributed by atoms with E-state index >= 15 is 0 Å². The van der Waals surface area contributed by atoms with Crippen molar-refractivity contribution in [3.63, 3.8) is 0 Å². The van der Waals surface area contributed by atoms with Crippen LogP contribution in [0, 0.1) is 11.9 Å². The van der Waals surface area contributed by atoms with Crippen LogP contribution in [-0.4, -0.2) is 15.9 Å². The summed E-state index contributed by atoms with van der Waals surface area (Å²) in [5.74, 6) is -2.62. The molecule has 1 amide bonds. The summed E-state index contributed by atoms with van der Waals surface area (Å²) in [5.41, 5.74) is 0.594. The number of carbonyl (C=O) groups excluding carboxylic acids is 1. The summed E-state index contributed by atoms with van der Waals surface area (Å²) < 4.78 is 26.1. The molecule has 3 rings (SSSR count). The van der Waals surface area contributed by atoms with Gasteiger partial charge in [0.1, 0.15) is 5.69 Å². The maximum absolute atomic E-state index is 13.4. The van der Waals surface area contributed by atoms with Gasteiger partial charge in [0.05, 0.1) is 11.2 Å². The molecule has 0 unspecified atom stereocenters. The molecule has 1 aromatic carbocycles. The Hall–Kier alpha value is -2.89. The van der Waals surface area contributed by atoms with E-state index in [0.29, 0.717) is 5.52 Å². The number of fused-ring (bicyclic) bond motifs is 1. The first-order valence-electron chi connectivity index (χ1n) is 6.13. The van der Waals surface area contributed by atoms with Crippen molar-refractivity contribution in [2.75, 3.05) is 5.32 Å². The van der Waals surface area contributed by atoms with E-state index in [0.717, 1.165) is 17.5 Å². The van der Waals surface area contributed by atoms with E-state index in [4.69, 9.17) is 0 Å². The number of halogens is 2. The highest BCUT2D eigenvalue weighted by Crippen LogP contribution is 2.15. The maximum Gasteiger partial charge on any atom is 0.274 e. The second-order valence-corrected chi connectivity index (χ2v) is 4.32. The quantitative estimate of drug-likeness (QED) is 0.736. The number of rotatable bonds is 2. The van der Waals surface area contributed by atoms with Crippen molar-refractivity contribution in [2.45, 2.75) is 0 Å². The Morgan fingerprint density at radius 1 is 0.952 bits per heavy atom. The smallest absolute Gasteiger partial charge is 0.274 e. The van der Waals surface area contributed by atoms with Crippen LogP contribution in [0.4, 0.5) is 14.5 Å². The fraction of sp³-hybridized carbons (Fsp3) is 0. The molecule has 4 nitrogen and oxygen atoms in total. The summed E-state index contributed by atoms with van der Waals surface area (Å²) in [6.45, 7) is 0. The third-order valence-corrected chi connectivity index (χ3v) is 2.89. The predicted molar refractivity (Wildman–Crippen MR) is 73.8 cm³/mol. The second-order valence-electron chi connectivity index (χ2n) is 4.32. The van der Waals surface area contributed by atoms with Crippen molar-refractivity contribution in [2.24, 2.45) is 0 Å². The van der Waals surface area contributed by atoms with Crippen LogP contribution in [-0.2, 0) is 0 Å². The Morgan fingerprint density at radius 3 is 2.57 bits per heavy atom. The van der Waals surface area contributed by atoms with Gasteiger partial charge in [-0.1, -0.05) is 24.3 Å². The Kier molecular flexibility index (Phi) is 3.27. The number of pyridine rings is 2. The highest BCUT2D eigenvalue weighted by atomic mass is 19.1. The Labute approximate surface area is 118 Å². The second kappa shape index (κ2) is 5.24. The minimum Gasteiger partial charge on any atom is -0.317 e. The van der Waals surface area contributed by atoms with Gasteiger partial charge in [0.15, 0.2) is 0 Å². The fourth-order valence-electron chi connectivity index (χ4n) is 1.88. The molecule has 0 fully saturated rings. The van der Waals surface area contributed by atoms with E-state index in [1.807, 2.05) is 12.1 Å². The number of nitrogens with zero attached hydrogens (tertiary/aromatic N) is 2. The van der Waals surface area contributed by atoms with E-state index in [1.165, 1.54) is 6.07 Å². The van der Waals surface area contributed by atoms with Crippen molar-refractivity contribution in [1.29, 1.82) is 0 Å². The largest absolute Gasteiger partial charge is 0.317 e. The van der Waals surface area contributed by atoms with Crippen LogP contribution in [0.1, 0.15) is 10.5 Å². The number of anilines is 1. The molecule has 21 heavy (non-hydrogen) atoms. The predicted octanol–water partition coefficient (Wildman–Crippen LogP) is 3.16. The van der Waals surface area contributed by atoms with Crippen LogP contribution in [0.3, 0.4) is 0 Å². The van der Waals surface area contributed by atoms with Crippen LogP contribution in [0.15, 0.2) is 48.5 Å². The zero-order valence-electron chi connectivity index (χ0n) is 10.7. The highest BCUT2D eigenvalue weighted by Gasteiger charge is 2.12. The number of para-hydroxylation sites is 1. The molecule has 0 spiro atoms. The molecule has 0 saturated carbocycles. The first kappa shape index (κ1) is 13.1. The molecule has 3 aromatic rings. The van der Waals surface area contributed by atoms with Crippen molar-refractivity contribution < 1.29 is 13.6 Å². The molecule has 0 radical (unpaired) electrons. The zero-order valence-corrected chi connectivity index (χ0v) is 10.7. The van der Waals surface area contributed by atoms with Crippen LogP contribution in [0.2, 0.25) is 0 Å². The average molecular weight is 285 g/mol. The van der Waals surface area contributed by atoms with E-state index < -0.39 is 17.8 Å². The summed E-state index contributed by atoms with van der Waals surface area (Å²) in [6.07, 6.45) is 0. The number of benzene rings is 1. The molecule has 0 aliphatic rings. The normalized spacial score (nSPS) is 10.6. The number of amides is 1. The number of hydrogen-bond donors (Lipinski definition) is 1. The van der Waals surface area contributed by atoms with E-state index in [9.17, 15) is 13.6 Å². The molecule has 2 aromatic heterocycles. The van der Waals surface area contributed by atoms with Gasteiger partial charge in [-0.3, -0.25) is 4.79 Å². The maximum atomic E-state index is 13.4. The molecule has 104 valence electrons. The van der Waals surface area contributed by atoms with Gasteiger partial charge >= 0.3 is 0 Å². The third kappa shape index (κ3) is 2.69. The highest BCUT2D eigenvalue weighted by molar-refractivity contribution is 6.04. The van der Waals surface area contributed by atoms with Crippen LogP contribution in [0.5, 0.6) is 0 Å². The molecular weight excluding hydrogens is 276 g/mol. The lowest BCUT2D eigenvalue weighted by molar-refractivity contribution is 0.102. The van der Waals surface area contributed by atoms with Gasteiger partial charge in [-0.2, -0.15) is 13.8 Å². The summed E-state index contributed by atoms with van der Waals surface area (Å²) in [4.78, 5) is 19.2. The van der Waals surface area contributed by atoms with E-state index in [-0.39, 0.29) is 11.4 Å². The molecule has 2 heterocycles. The van der Waals surface area contributed by atoms with Gasteiger partial charge in [-0.25, -0.2) is 4.98 Å². The topological polar surface area (TPSA) is 54.9 Å². The molecule has 0 atom stereocenters. The number of aromatic nitrogens is 2. The van der Waals surface area contributed by atoms with Crippen LogP contribution < -0.4 is 5.32 Å². The molecular formula is C15H9F2N3O. The monoisotopic (exact) mass is 285 g/mol. The SMILES string of the molecule is O=C(Nc1ccc(F)nc1F)c1ccc2ccccc2n1. The third-order valence-electron chi connectivity index (χ3n) is 2.89. The van der Waals surface area contributed by atoms with Crippen molar-refractivity contribution in [1.82, 2.24) is 9.97 Å². The van der Waals surface area contributed by atoms with Gasteiger partial charge in [0.2, 0.25) is 11.9 Å². The Balaban J connectivity index is 1.89. The standard InChI is InChI=1S/C15H9F2N3O/c16-13-8-7-11(14(17)20-13)19-15(21)12-6-5-9-3-1-2-4-10(9)18-12/h1-8H,(H,19,21). The van der Waals surface area contributed by atoms with Gasteiger partial charge in [0.25, 0.3) is 5.91 Å². The van der Waals surface area contributed by atoms with Gasteiger partial charge in [0, 0.05) is 5.39 Å². The average Bonchev–Trinajstić information content (AvgIpc) is 2.49. The van der Waals surface area contributed by atoms with Gasteiger partial charge in [-0.15, -0.1) is 0 Å². The molecule has 0 bridgehead atoms. The minimum atomic E-state index is -1.08. The zero-order chi connectivity index (χ0) is 14.8. The molecule has 0 aliphatic heterocycles. The number of hydrogen-bond acceptors (Lipinski definition) is 3. The van der Waals surface area contributed by atoms with Crippen molar-refractivity contribution >= 4 is 22.5 Å². The molecule has 0 saturated heterocycles. The van der Waals surface area contributed by atoms with Gasteiger partial charge in [-0.05, 0) is 24.3 Å². The van der Waals surface area contributed by atoms with Crippen LogP contribution in [0.25, 0.3) is 10.9 Å². The first-order valence-corrected chi connectivity index (χ1v) is 6.13. The molecule has 0 aliphatic carbocycles. The Morgan fingerprint density at radius 2 is 1.76 bits per heavy atom. The summed E-state index contributed by atoms with van der Waals surface area (Å²) >= 11 is 0. The molecule has 6 heteroatoms. The Bertz CT molecular complexity index is 836. The van der Waals surface area contributed by atoms with Crippen LogP contribution >= 0.6 is 0 Å². The van der Waals surface area contributed by atoms with Crippen molar-refractivity contribution in [3.05, 3.63) is 66.1 Å². The molecule has 1 N–H and O–H groups in total. The number of carbonyl (C=O) groups is 1. The lowest BCUT2D eigenvalue weighted by Crippen LogP contribution is -2.15. The summed E-state index contributed by atoms with van der Waals surface area (Å²) in [6, 6.07) is 12.7. The summed E-state index contributed by atoms with van der Waals surface area (Å²) in [7, 11) is 0. The summed E-state index contributed by atoms with van der Waals surface area (Å²) in [5, 5.41) is 3.21. The van der Waals surface area contributed by atoms with Gasteiger partial charge < -0.3 is 5.32 Å². The van der Waals surface area contributed by atoms with E-state index in [2.05, 4.69) is 15.3 Å². The minimum absolute atomic E-state index is 0.137. The lowest BCUT2D eigenvalue weighted by Gasteiger charge is -2.06. The number of nitrogens with one attached hydrogen (secondary N) is 1. The fourth-order valence-corrected chi connectivity index (χ4v) is 1.88. The first-order chi connectivity index (χ1) is 10.1. The lowest BCUT2D eigenvalue weighted by atomic mass is 10.2.